The lowest BCUT2D eigenvalue weighted by Gasteiger charge is -2.33. The Hall–Kier alpha value is -2.09. The van der Waals surface area contributed by atoms with Crippen molar-refractivity contribution in [1.82, 2.24) is 9.80 Å². The Bertz CT molecular complexity index is 949. The maximum atomic E-state index is 13.7. The molecule has 4 aliphatic rings. The lowest BCUT2D eigenvalue weighted by Crippen LogP contribution is -2.40. The molecule has 32 heavy (non-hydrogen) atoms. The van der Waals surface area contributed by atoms with Crippen LogP contribution in [-0.4, -0.2) is 54.0 Å². The number of likely N-dealkylation sites (tertiary alicyclic amines) is 1. The monoisotopic (exact) mass is 450 g/mol. The van der Waals surface area contributed by atoms with Gasteiger partial charge < -0.3 is 9.64 Å². The number of hydrogen-bond donors (Lipinski definition) is 0. The number of carbonyl (C=O) groups is 2. The molecule has 5 nitrogen and oxygen atoms in total. The number of alkyl halides is 3. The molecule has 5 unspecified atom stereocenters. The summed E-state index contributed by atoms with van der Waals surface area (Å²) in [6.07, 6.45) is -0.514. The van der Waals surface area contributed by atoms with Gasteiger partial charge in [0.05, 0.1) is 24.0 Å². The smallest absolute Gasteiger partial charge is 0.416 e. The first-order chi connectivity index (χ1) is 15.1. The second-order valence-corrected chi connectivity index (χ2v) is 10.0. The summed E-state index contributed by atoms with van der Waals surface area (Å²) >= 11 is 0. The molecular formula is C24H29F3N2O3. The second kappa shape index (κ2) is 7.47. The van der Waals surface area contributed by atoms with Crippen molar-refractivity contribution in [2.75, 3.05) is 20.2 Å². The largest absolute Gasteiger partial charge is 0.469 e. The van der Waals surface area contributed by atoms with Crippen molar-refractivity contribution in [3.05, 3.63) is 34.9 Å². The van der Waals surface area contributed by atoms with Crippen LogP contribution in [0.25, 0.3) is 0 Å². The molecule has 5 rings (SSSR count). The number of hydrogen-bond acceptors (Lipinski definition) is 4. The average Bonchev–Trinajstić information content (AvgIpc) is 3.47. The van der Waals surface area contributed by atoms with E-state index in [1.54, 1.807) is 6.07 Å². The lowest BCUT2D eigenvalue weighted by molar-refractivity contribution is -0.145. The molecule has 3 aliphatic heterocycles. The van der Waals surface area contributed by atoms with Gasteiger partial charge in [-0.2, -0.15) is 13.2 Å². The van der Waals surface area contributed by atoms with E-state index >= 15 is 0 Å². The van der Waals surface area contributed by atoms with Gasteiger partial charge in [0.2, 0.25) is 5.91 Å². The molecule has 0 radical (unpaired) electrons. The molecule has 0 N–H and O–H groups in total. The van der Waals surface area contributed by atoms with Crippen LogP contribution in [0.5, 0.6) is 0 Å². The summed E-state index contributed by atoms with van der Waals surface area (Å²) in [5.41, 5.74) is 0.432. The molecule has 1 aromatic carbocycles. The summed E-state index contributed by atoms with van der Waals surface area (Å²) in [5.74, 6) is -0.0192. The standard InChI is InChI=1S/C24H29F3N2O3/c1-14-20-10-15-3-4-18(24(25,26)27)9-17(15)13-29(20)22(31)23(14)7-5-19(11-23)28-8-6-16(12-28)21(30)32-2/h3-4,9,14,16,19-20H,5-8,10-13H2,1-2H3. The van der Waals surface area contributed by atoms with Gasteiger partial charge in [-0.1, -0.05) is 13.0 Å². The topological polar surface area (TPSA) is 49.9 Å². The first kappa shape index (κ1) is 21.7. The van der Waals surface area contributed by atoms with Gasteiger partial charge in [0.15, 0.2) is 0 Å². The first-order valence-electron chi connectivity index (χ1n) is 11.5. The molecule has 0 aromatic heterocycles. The summed E-state index contributed by atoms with van der Waals surface area (Å²) in [5, 5.41) is 0. The number of halogens is 3. The zero-order chi connectivity index (χ0) is 22.8. The molecule has 8 heteroatoms. The Morgan fingerprint density at radius 3 is 2.72 bits per heavy atom. The molecule has 3 fully saturated rings. The van der Waals surface area contributed by atoms with Crippen molar-refractivity contribution >= 4 is 11.9 Å². The van der Waals surface area contributed by atoms with Crippen LogP contribution in [0, 0.1) is 17.3 Å². The van der Waals surface area contributed by atoms with Crippen LogP contribution < -0.4 is 0 Å². The van der Waals surface area contributed by atoms with E-state index in [1.165, 1.54) is 13.2 Å². The van der Waals surface area contributed by atoms with E-state index in [1.807, 2.05) is 4.90 Å². The van der Waals surface area contributed by atoms with E-state index < -0.39 is 17.2 Å². The third kappa shape index (κ3) is 3.25. The Labute approximate surface area is 185 Å². The fourth-order valence-corrected chi connectivity index (χ4v) is 6.75. The van der Waals surface area contributed by atoms with Crippen LogP contribution in [0.3, 0.4) is 0 Å². The molecule has 5 atom stereocenters. The van der Waals surface area contributed by atoms with E-state index in [0.29, 0.717) is 18.5 Å². The number of rotatable bonds is 2. The normalized spacial score (nSPS) is 34.8. The van der Waals surface area contributed by atoms with Crippen molar-refractivity contribution < 1.29 is 27.5 Å². The Morgan fingerprint density at radius 2 is 2.00 bits per heavy atom. The molecule has 1 aliphatic carbocycles. The van der Waals surface area contributed by atoms with E-state index in [2.05, 4.69) is 11.8 Å². The van der Waals surface area contributed by atoms with Crippen LogP contribution in [0.15, 0.2) is 18.2 Å². The Balaban J connectivity index is 1.34. The molecule has 3 heterocycles. The number of esters is 1. The minimum absolute atomic E-state index is 0.0342. The van der Waals surface area contributed by atoms with Crippen molar-refractivity contribution in [3.63, 3.8) is 0 Å². The SMILES string of the molecule is COC(=O)C1CCN(C2CCC3(C2)C(=O)N2Cc4cc(C(F)(F)F)ccc4CC2C3C)C1. The third-order valence-electron chi connectivity index (χ3n) is 8.63. The predicted octanol–water partition coefficient (Wildman–Crippen LogP) is 3.64. The predicted molar refractivity (Wildman–Crippen MR) is 110 cm³/mol. The summed E-state index contributed by atoms with van der Waals surface area (Å²) in [4.78, 5) is 29.7. The maximum Gasteiger partial charge on any atom is 0.416 e. The number of fused-ring (bicyclic) bond motifs is 2. The van der Waals surface area contributed by atoms with Crippen molar-refractivity contribution in [2.24, 2.45) is 17.3 Å². The summed E-state index contributed by atoms with van der Waals surface area (Å²) in [6.45, 7) is 3.91. The van der Waals surface area contributed by atoms with Crippen molar-refractivity contribution in [3.8, 4) is 0 Å². The van der Waals surface area contributed by atoms with E-state index in [-0.39, 0.29) is 42.3 Å². The highest BCUT2D eigenvalue weighted by molar-refractivity contribution is 5.87. The molecule has 1 saturated carbocycles. The van der Waals surface area contributed by atoms with E-state index in [0.717, 1.165) is 43.9 Å². The fourth-order valence-electron chi connectivity index (χ4n) is 6.75. The Kier molecular flexibility index (Phi) is 5.07. The number of ether oxygens (including phenoxy) is 1. The number of benzene rings is 1. The van der Waals surface area contributed by atoms with Crippen LogP contribution in [-0.2, 0) is 33.5 Å². The summed E-state index contributed by atoms with van der Waals surface area (Å²) < 4.78 is 44.4. The summed E-state index contributed by atoms with van der Waals surface area (Å²) in [6, 6.07) is 4.25. The molecule has 1 amide bonds. The number of methoxy groups -OCH3 is 1. The molecule has 174 valence electrons. The van der Waals surface area contributed by atoms with Gasteiger partial charge in [0.1, 0.15) is 0 Å². The minimum Gasteiger partial charge on any atom is -0.469 e. The van der Waals surface area contributed by atoms with Crippen LogP contribution in [0.1, 0.15) is 49.3 Å². The molecule has 1 spiro atoms. The molecule has 0 bridgehead atoms. The first-order valence-corrected chi connectivity index (χ1v) is 11.5. The van der Waals surface area contributed by atoms with E-state index in [4.69, 9.17) is 4.74 Å². The zero-order valence-electron chi connectivity index (χ0n) is 18.5. The van der Waals surface area contributed by atoms with Gasteiger partial charge in [-0.05, 0) is 67.8 Å². The highest BCUT2D eigenvalue weighted by Crippen LogP contribution is 2.55. The average molecular weight is 451 g/mol. The van der Waals surface area contributed by atoms with Crippen LogP contribution in [0.2, 0.25) is 0 Å². The fraction of sp³-hybridized carbons (Fsp3) is 0.667. The van der Waals surface area contributed by atoms with Gasteiger partial charge >= 0.3 is 12.1 Å². The summed E-state index contributed by atoms with van der Waals surface area (Å²) in [7, 11) is 1.42. The van der Waals surface area contributed by atoms with Gasteiger partial charge in [-0.3, -0.25) is 14.5 Å². The highest BCUT2D eigenvalue weighted by atomic mass is 19.4. The number of nitrogens with zero attached hydrogens (tertiary/aromatic N) is 2. The maximum absolute atomic E-state index is 13.7. The van der Waals surface area contributed by atoms with Crippen molar-refractivity contribution in [2.45, 2.75) is 63.8 Å². The number of carbonyl (C=O) groups excluding carboxylic acids is 2. The van der Waals surface area contributed by atoms with Gasteiger partial charge in [0.25, 0.3) is 0 Å². The van der Waals surface area contributed by atoms with E-state index in [9.17, 15) is 22.8 Å². The van der Waals surface area contributed by atoms with Crippen LogP contribution >= 0.6 is 0 Å². The van der Waals surface area contributed by atoms with Gasteiger partial charge in [-0.25, -0.2) is 0 Å². The Morgan fingerprint density at radius 1 is 1.22 bits per heavy atom. The molecular weight excluding hydrogens is 421 g/mol. The minimum atomic E-state index is -4.38. The second-order valence-electron chi connectivity index (χ2n) is 10.0. The quantitative estimate of drug-likeness (QED) is 0.646. The number of amides is 1. The van der Waals surface area contributed by atoms with Crippen LogP contribution in [0.4, 0.5) is 13.2 Å². The lowest BCUT2D eigenvalue weighted by atomic mass is 9.73. The zero-order valence-corrected chi connectivity index (χ0v) is 18.5. The molecule has 2 saturated heterocycles. The molecule has 1 aromatic rings. The van der Waals surface area contributed by atoms with Gasteiger partial charge in [-0.15, -0.1) is 0 Å². The highest BCUT2D eigenvalue weighted by Gasteiger charge is 2.61. The van der Waals surface area contributed by atoms with Gasteiger partial charge in [0, 0.05) is 25.2 Å². The van der Waals surface area contributed by atoms with Crippen molar-refractivity contribution in [1.29, 1.82) is 0 Å². The third-order valence-corrected chi connectivity index (χ3v) is 8.63.